The van der Waals surface area contributed by atoms with Crippen molar-refractivity contribution in [3.05, 3.63) is 72.3 Å². The SMILES string of the molecule is Cn1cc(-c2ccncc2C=CC(=O)Nc2ccc(CNCCO)cc2)cn1. The lowest BCUT2D eigenvalue weighted by molar-refractivity contribution is -0.111. The van der Waals surface area contributed by atoms with E-state index in [1.807, 2.05) is 43.6 Å². The summed E-state index contributed by atoms with van der Waals surface area (Å²) in [7, 11) is 1.86. The molecular formula is C21H23N5O2. The number of aryl methyl sites for hydroxylation is 1. The number of carbonyl (C=O) groups is 1. The van der Waals surface area contributed by atoms with Crippen molar-refractivity contribution in [3.63, 3.8) is 0 Å². The average molecular weight is 377 g/mol. The fraction of sp³-hybridized carbons (Fsp3) is 0.190. The Morgan fingerprint density at radius 1 is 1.21 bits per heavy atom. The Morgan fingerprint density at radius 3 is 2.75 bits per heavy atom. The summed E-state index contributed by atoms with van der Waals surface area (Å²) in [6, 6.07) is 9.48. The maximum absolute atomic E-state index is 12.3. The first-order valence-electron chi connectivity index (χ1n) is 8.98. The van der Waals surface area contributed by atoms with Crippen LogP contribution in [0.3, 0.4) is 0 Å². The van der Waals surface area contributed by atoms with Crippen molar-refractivity contribution in [2.24, 2.45) is 7.05 Å². The average Bonchev–Trinajstić information content (AvgIpc) is 3.14. The molecule has 0 saturated heterocycles. The van der Waals surface area contributed by atoms with Crippen molar-refractivity contribution in [2.75, 3.05) is 18.5 Å². The molecule has 2 heterocycles. The number of anilines is 1. The Kier molecular flexibility index (Phi) is 6.67. The molecule has 0 saturated carbocycles. The maximum Gasteiger partial charge on any atom is 0.248 e. The molecule has 3 rings (SSSR count). The molecule has 0 fully saturated rings. The maximum atomic E-state index is 12.3. The van der Waals surface area contributed by atoms with Gasteiger partial charge >= 0.3 is 0 Å². The predicted octanol–water partition coefficient (Wildman–Crippen LogP) is 2.22. The van der Waals surface area contributed by atoms with Gasteiger partial charge in [0.15, 0.2) is 0 Å². The number of aliphatic hydroxyl groups is 1. The van der Waals surface area contributed by atoms with Crippen LogP contribution in [0.4, 0.5) is 5.69 Å². The molecule has 2 aromatic heterocycles. The lowest BCUT2D eigenvalue weighted by Gasteiger charge is -2.06. The molecule has 0 bridgehead atoms. The predicted molar refractivity (Wildman–Crippen MR) is 109 cm³/mol. The van der Waals surface area contributed by atoms with Gasteiger partial charge in [0.1, 0.15) is 0 Å². The van der Waals surface area contributed by atoms with E-state index in [4.69, 9.17) is 5.11 Å². The number of hydrogen-bond donors (Lipinski definition) is 3. The van der Waals surface area contributed by atoms with E-state index in [9.17, 15) is 4.79 Å². The van der Waals surface area contributed by atoms with Crippen molar-refractivity contribution in [1.82, 2.24) is 20.1 Å². The molecule has 0 spiro atoms. The second kappa shape index (κ2) is 9.59. The topological polar surface area (TPSA) is 92.1 Å². The van der Waals surface area contributed by atoms with E-state index in [0.717, 1.165) is 27.9 Å². The van der Waals surface area contributed by atoms with Crippen molar-refractivity contribution in [3.8, 4) is 11.1 Å². The molecule has 0 atom stereocenters. The Morgan fingerprint density at radius 2 is 2.04 bits per heavy atom. The quantitative estimate of drug-likeness (QED) is 0.414. The van der Waals surface area contributed by atoms with Gasteiger partial charge in [-0.1, -0.05) is 12.1 Å². The third kappa shape index (κ3) is 5.35. The molecule has 7 nitrogen and oxygen atoms in total. The van der Waals surface area contributed by atoms with E-state index in [-0.39, 0.29) is 12.5 Å². The molecule has 7 heteroatoms. The zero-order valence-electron chi connectivity index (χ0n) is 15.7. The molecule has 3 aromatic rings. The number of pyridine rings is 1. The summed E-state index contributed by atoms with van der Waals surface area (Å²) in [5.74, 6) is -0.216. The monoisotopic (exact) mass is 377 g/mol. The molecule has 0 aliphatic rings. The van der Waals surface area contributed by atoms with Crippen LogP contribution in [-0.2, 0) is 18.4 Å². The number of nitrogens with zero attached hydrogens (tertiary/aromatic N) is 3. The summed E-state index contributed by atoms with van der Waals surface area (Å²) < 4.78 is 1.74. The van der Waals surface area contributed by atoms with Gasteiger partial charge in [-0.25, -0.2) is 0 Å². The van der Waals surface area contributed by atoms with Gasteiger partial charge in [0.25, 0.3) is 0 Å². The number of aliphatic hydroxyl groups excluding tert-OH is 1. The molecule has 0 aliphatic carbocycles. The molecule has 144 valence electrons. The minimum Gasteiger partial charge on any atom is -0.395 e. The van der Waals surface area contributed by atoms with Gasteiger partial charge in [-0.15, -0.1) is 0 Å². The number of nitrogens with one attached hydrogen (secondary N) is 2. The number of rotatable bonds is 8. The first-order chi connectivity index (χ1) is 13.7. The Hall–Kier alpha value is -3.29. The number of amides is 1. The Labute approximate surface area is 163 Å². The van der Waals surface area contributed by atoms with Gasteiger partial charge in [0.2, 0.25) is 5.91 Å². The Bertz CT molecular complexity index is 947. The zero-order chi connectivity index (χ0) is 19.8. The number of hydrogen-bond acceptors (Lipinski definition) is 5. The molecule has 1 aromatic carbocycles. The van der Waals surface area contributed by atoms with Crippen LogP contribution in [0.1, 0.15) is 11.1 Å². The Balaban J connectivity index is 1.63. The molecule has 28 heavy (non-hydrogen) atoms. The fourth-order valence-corrected chi connectivity index (χ4v) is 2.73. The van der Waals surface area contributed by atoms with Crippen LogP contribution in [-0.4, -0.2) is 38.9 Å². The van der Waals surface area contributed by atoms with Crippen LogP contribution in [0.15, 0.2) is 61.2 Å². The second-order valence-corrected chi connectivity index (χ2v) is 6.29. The molecule has 0 radical (unpaired) electrons. The van der Waals surface area contributed by atoms with E-state index in [1.165, 1.54) is 6.08 Å². The molecule has 3 N–H and O–H groups in total. The normalized spacial score (nSPS) is 11.1. The van der Waals surface area contributed by atoms with Gasteiger partial charge in [0.05, 0.1) is 12.8 Å². The van der Waals surface area contributed by atoms with E-state index in [1.54, 1.807) is 29.3 Å². The van der Waals surface area contributed by atoms with Gasteiger partial charge in [-0.3, -0.25) is 14.5 Å². The van der Waals surface area contributed by atoms with E-state index in [2.05, 4.69) is 20.7 Å². The van der Waals surface area contributed by atoms with Crippen molar-refractivity contribution < 1.29 is 9.90 Å². The molecule has 0 unspecified atom stereocenters. The minimum absolute atomic E-state index is 0.111. The van der Waals surface area contributed by atoms with Crippen molar-refractivity contribution in [2.45, 2.75) is 6.54 Å². The highest BCUT2D eigenvalue weighted by Gasteiger charge is 2.06. The summed E-state index contributed by atoms with van der Waals surface area (Å²) in [5, 5.41) is 18.9. The number of benzene rings is 1. The lowest BCUT2D eigenvalue weighted by Crippen LogP contribution is -2.17. The summed E-state index contributed by atoms with van der Waals surface area (Å²) in [5.41, 5.74) is 4.58. The van der Waals surface area contributed by atoms with E-state index in [0.29, 0.717) is 13.1 Å². The van der Waals surface area contributed by atoms with Crippen LogP contribution in [0, 0.1) is 0 Å². The highest BCUT2D eigenvalue weighted by atomic mass is 16.3. The summed E-state index contributed by atoms with van der Waals surface area (Å²) in [6.07, 6.45) is 10.4. The van der Waals surface area contributed by atoms with Crippen LogP contribution >= 0.6 is 0 Å². The third-order valence-corrected chi connectivity index (χ3v) is 4.12. The highest BCUT2D eigenvalue weighted by Crippen LogP contribution is 2.23. The third-order valence-electron chi connectivity index (χ3n) is 4.12. The second-order valence-electron chi connectivity index (χ2n) is 6.29. The van der Waals surface area contributed by atoms with Gasteiger partial charge in [0, 0.05) is 61.6 Å². The van der Waals surface area contributed by atoms with Gasteiger partial charge in [-0.05, 0) is 35.4 Å². The molecule has 0 aliphatic heterocycles. The first-order valence-corrected chi connectivity index (χ1v) is 8.98. The van der Waals surface area contributed by atoms with Crippen LogP contribution in [0.2, 0.25) is 0 Å². The van der Waals surface area contributed by atoms with E-state index >= 15 is 0 Å². The van der Waals surface area contributed by atoms with Crippen molar-refractivity contribution in [1.29, 1.82) is 0 Å². The summed E-state index contributed by atoms with van der Waals surface area (Å²) in [4.78, 5) is 16.4. The lowest BCUT2D eigenvalue weighted by atomic mass is 10.0. The van der Waals surface area contributed by atoms with Crippen molar-refractivity contribution >= 4 is 17.7 Å². The number of aromatic nitrogens is 3. The van der Waals surface area contributed by atoms with Gasteiger partial charge in [-0.2, -0.15) is 5.10 Å². The molecule has 1 amide bonds. The highest BCUT2D eigenvalue weighted by molar-refractivity contribution is 6.02. The minimum atomic E-state index is -0.216. The van der Waals surface area contributed by atoms with Crippen LogP contribution < -0.4 is 10.6 Å². The standard InChI is InChI=1S/C21H23N5O2/c1-26-15-18(14-24-26)20-8-9-22-13-17(20)4-7-21(28)25-19-5-2-16(3-6-19)12-23-10-11-27/h2-9,13-15,23,27H,10-12H2,1H3,(H,25,28). The number of carbonyl (C=O) groups excluding carboxylic acids is 1. The first kappa shape index (κ1) is 19.5. The molecular weight excluding hydrogens is 354 g/mol. The summed E-state index contributed by atoms with van der Waals surface area (Å²) >= 11 is 0. The zero-order valence-corrected chi connectivity index (χ0v) is 15.7. The van der Waals surface area contributed by atoms with E-state index < -0.39 is 0 Å². The summed E-state index contributed by atoms with van der Waals surface area (Å²) in [6.45, 7) is 1.34. The largest absolute Gasteiger partial charge is 0.395 e. The van der Waals surface area contributed by atoms with Gasteiger partial charge < -0.3 is 15.7 Å². The van der Waals surface area contributed by atoms with Crippen LogP contribution in [0.5, 0.6) is 0 Å². The fourth-order valence-electron chi connectivity index (χ4n) is 2.73. The van der Waals surface area contributed by atoms with Crippen LogP contribution in [0.25, 0.3) is 17.2 Å². The smallest absolute Gasteiger partial charge is 0.248 e.